The van der Waals surface area contributed by atoms with Gasteiger partial charge in [-0.15, -0.1) is 11.3 Å². The zero-order valence-corrected chi connectivity index (χ0v) is 11.3. The maximum Gasteiger partial charge on any atom is 0.185 e. The third kappa shape index (κ3) is 2.89. The normalized spacial score (nSPS) is 10.5. The molecule has 0 aromatic carbocycles. The van der Waals surface area contributed by atoms with E-state index in [9.17, 15) is 4.79 Å². The molecule has 0 bridgehead atoms. The zero-order chi connectivity index (χ0) is 12.3. The molecular formula is C11H13N3OS2. The molecule has 4 nitrogen and oxygen atoms in total. The van der Waals surface area contributed by atoms with E-state index in [1.807, 2.05) is 30.6 Å². The first-order chi connectivity index (χ1) is 8.20. The Hall–Kier alpha value is -1.27. The number of anilines is 1. The third-order valence-electron chi connectivity index (χ3n) is 2.16. The number of hydrogen-bond donors (Lipinski definition) is 0. The molecule has 17 heavy (non-hydrogen) atoms. The molecule has 2 aromatic rings. The van der Waals surface area contributed by atoms with Crippen molar-refractivity contribution >= 4 is 34.1 Å². The van der Waals surface area contributed by atoms with Crippen LogP contribution < -0.4 is 4.90 Å². The number of thiazole rings is 2. The summed E-state index contributed by atoms with van der Waals surface area (Å²) in [5.41, 5.74) is 0.983. The lowest BCUT2D eigenvalue weighted by Crippen LogP contribution is -2.07. The molecule has 0 atom stereocenters. The van der Waals surface area contributed by atoms with Crippen LogP contribution in [0.2, 0.25) is 0 Å². The van der Waals surface area contributed by atoms with Crippen LogP contribution in [0, 0.1) is 0 Å². The van der Waals surface area contributed by atoms with E-state index in [0.29, 0.717) is 6.42 Å². The molecule has 0 N–H and O–H groups in total. The minimum absolute atomic E-state index is 0.537. The molecule has 0 aliphatic carbocycles. The lowest BCUT2D eigenvalue weighted by Gasteiger charge is -2.04. The number of carbonyl (C=O) groups is 1. The smallest absolute Gasteiger partial charge is 0.185 e. The SMILES string of the molecule is CN(C)c1ncc(-c2nc(CCC=O)cs2)s1. The fourth-order valence-corrected chi connectivity index (χ4v) is 3.06. The number of carbonyl (C=O) groups excluding carboxylic acids is 1. The van der Waals surface area contributed by atoms with Gasteiger partial charge in [0.25, 0.3) is 0 Å². The van der Waals surface area contributed by atoms with Crippen LogP contribution in [0.15, 0.2) is 11.6 Å². The first-order valence-electron chi connectivity index (χ1n) is 5.22. The van der Waals surface area contributed by atoms with Crippen molar-refractivity contribution in [1.82, 2.24) is 9.97 Å². The summed E-state index contributed by atoms with van der Waals surface area (Å²) < 4.78 is 0. The summed E-state index contributed by atoms with van der Waals surface area (Å²) >= 11 is 3.23. The maximum atomic E-state index is 10.3. The molecule has 0 saturated carbocycles. The van der Waals surface area contributed by atoms with E-state index < -0.39 is 0 Å². The fraction of sp³-hybridized carbons (Fsp3) is 0.364. The Labute approximate surface area is 108 Å². The highest BCUT2D eigenvalue weighted by molar-refractivity contribution is 7.23. The summed E-state index contributed by atoms with van der Waals surface area (Å²) in [5, 5.41) is 3.97. The van der Waals surface area contributed by atoms with Crippen LogP contribution in [-0.4, -0.2) is 30.3 Å². The summed E-state index contributed by atoms with van der Waals surface area (Å²) in [5.74, 6) is 0. The van der Waals surface area contributed by atoms with E-state index in [4.69, 9.17) is 0 Å². The molecule has 0 saturated heterocycles. The second-order valence-electron chi connectivity index (χ2n) is 3.75. The molecule has 0 unspecified atom stereocenters. The molecule has 2 rings (SSSR count). The monoisotopic (exact) mass is 267 g/mol. The van der Waals surface area contributed by atoms with Crippen LogP contribution in [0.5, 0.6) is 0 Å². The highest BCUT2D eigenvalue weighted by Gasteiger charge is 2.09. The topological polar surface area (TPSA) is 46.1 Å². The van der Waals surface area contributed by atoms with Gasteiger partial charge in [-0.3, -0.25) is 0 Å². The van der Waals surface area contributed by atoms with E-state index in [2.05, 4.69) is 9.97 Å². The van der Waals surface area contributed by atoms with Crippen LogP contribution in [0.1, 0.15) is 12.1 Å². The molecule has 0 amide bonds. The van der Waals surface area contributed by atoms with Gasteiger partial charge in [0.05, 0.1) is 16.8 Å². The molecule has 2 aromatic heterocycles. The van der Waals surface area contributed by atoms with E-state index >= 15 is 0 Å². The average molecular weight is 267 g/mol. The number of hydrogen-bond acceptors (Lipinski definition) is 6. The largest absolute Gasteiger partial charge is 0.354 e. The third-order valence-corrected chi connectivity index (χ3v) is 4.38. The Morgan fingerprint density at radius 3 is 2.94 bits per heavy atom. The number of rotatable bonds is 5. The Balaban J connectivity index is 2.15. The number of nitrogens with zero attached hydrogens (tertiary/aromatic N) is 3. The van der Waals surface area contributed by atoms with Gasteiger partial charge < -0.3 is 9.69 Å². The zero-order valence-electron chi connectivity index (χ0n) is 9.71. The van der Waals surface area contributed by atoms with Crippen molar-refractivity contribution < 1.29 is 4.79 Å². The molecule has 0 radical (unpaired) electrons. The van der Waals surface area contributed by atoms with Crippen LogP contribution in [0.25, 0.3) is 9.88 Å². The van der Waals surface area contributed by atoms with Gasteiger partial charge in [-0.05, 0) is 6.42 Å². The molecule has 0 spiro atoms. The predicted octanol–water partition coefficient (Wildman–Crippen LogP) is 2.46. The van der Waals surface area contributed by atoms with E-state index in [1.54, 1.807) is 22.7 Å². The Bertz CT molecular complexity index is 504. The molecule has 0 fully saturated rings. The summed E-state index contributed by atoms with van der Waals surface area (Å²) in [7, 11) is 3.94. The predicted molar refractivity (Wildman–Crippen MR) is 71.9 cm³/mol. The van der Waals surface area contributed by atoms with Gasteiger partial charge >= 0.3 is 0 Å². The summed E-state index contributed by atoms with van der Waals surface area (Å²) in [4.78, 5) is 22.2. The second kappa shape index (κ2) is 5.37. The minimum Gasteiger partial charge on any atom is -0.354 e. The molecule has 2 heterocycles. The summed E-state index contributed by atoms with van der Waals surface area (Å²) in [6.45, 7) is 0. The van der Waals surface area contributed by atoms with Crippen molar-refractivity contribution in [3.8, 4) is 9.88 Å². The van der Waals surface area contributed by atoms with Gasteiger partial charge in [-0.25, -0.2) is 9.97 Å². The van der Waals surface area contributed by atoms with Crippen LogP contribution in [0.3, 0.4) is 0 Å². The van der Waals surface area contributed by atoms with Crippen molar-refractivity contribution in [2.24, 2.45) is 0 Å². The first kappa shape index (κ1) is 12.2. The van der Waals surface area contributed by atoms with Crippen molar-refractivity contribution in [3.63, 3.8) is 0 Å². The molecule has 90 valence electrons. The summed E-state index contributed by atoms with van der Waals surface area (Å²) in [6, 6.07) is 0. The molecular weight excluding hydrogens is 254 g/mol. The van der Waals surface area contributed by atoms with Crippen LogP contribution in [-0.2, 0) is 11.2 Å². The lowest BCUT2D eigenvalue weighted by molar-refractivity contribution is -0.107. The van der Waals surface area contributed by atoms with Crippen molar-refractivity contribution in [2.45, 2.75) is 12.8 Å². The maximum absolute atomic E-state index is 10.3. The Kier molecular flexibility index (Phi) is 3.86. The number of aryl methyl sites for hydroxylation is 1. The number of aldehydes is 1. The van der Waals surface area contributed by atoms with Gasteiger partial charge in [0, 0.05) is 25.9 Å². The van der Waals surface area contributed by atoms with E-state index in [1.165, 1.54) is 0 Å². The van der Waals surface area contributed by atoms with Crippen molar-refractivity contribution in [2.75, 3.05) is 19.0 Å². The second-order valence-corrected chi connectivity index (χ2v) is 5.62. The van der Waals surface area contributed by atoms with Crippen molar-refractivity contribution in [3.05, 3.63) is 17.3 Å². The average Bonchev–Trinajstić information content (AvgIpc) is 2.94. The molecule has 0 aliphatic heterocycles. The van der Waals surface area contributed by atoms with Gasteiger partial charge in [0.2, 0.25) is 0 Å². The Morgan fingerprint density at radius 1 is 1.47 bits per heavy atom. The quantitative estimate of drug-likeness (QED) is 0.781. The summed E-state index contributed by atoms with van der Waals surface area (Å²) in [6.07, 6.45) is 4.03. The molecule has 6 heteroatoms. The van der Waals surface area contributed by atoms with Crippen molar-refractivity contribution in [1.29, 1.82) is 0 Å². The van der Waals surface area contributed by atoms with Gasteiger partial charge in [-0.1, -0.05) is 11.3 Å². The minimum atomic E-state index is 0.537. The lowest BCUT2D eigenvalue weighted by atomic mass is 10.3. The van der Waals surface area contributed by atoms with Gasteiger partial charge in [0.15, 0.2) is 5.13 Å². The van der Waals surface area contributed by atoms with Crippen LogP contribution >= 0.6 is 22.7 Å². The molecule has 0 aliphatic rings. The number of aromatic nitrogens is 2. The van der Waals surface area contributed by atoms with E-state index in [0.717, 1.165) is 33.4 Å². The van der Waals surface area contributed by atoms with Gasteiger partial charge in [-0.2, -0.15) is 0 Å². The highest BCUT2D eigenvalue weighted by Crippen LogP contribution is 2.32. The fourth-order valence-electron chi connectivity index (χ4n) is 1.31. The standard InChI is InChI=1S/C11H13N3OS2/c1-14(2)11-12-6-9(17-11)10-13-8(7-16-10)4-3-5-15/h5-7H,3-4H2,1-2H3. The van der Waals surface area contributed by atoms with Crippen LogP contribution in [0.4, 0.5) is 5.13 Å². The Morgan fingerprint density at radius 2 is 2.29 bits per heavy atom. The van der Waals surface area contributed by atoms with Gasteiger partial charge in [0.1, 0.15) is 11.3 Å². The van der Waals surface area contributed by atoms with E-state index in [-0.39, 0.29) is 0 Å². The first-order valence-corrected chi connectivity index (χ1v) is 6.92. The highest BCUT2D eigenvalue weighted by atomic mass is 32.1.